The van der Waals surface area contributed by atoms with E-state index in [9.17, 15) is 13.2 Å². The van der Waals surface area contributed by atoms with Gasteiger partial charge in [-0.1, -0.05) is 6.42 Å². The summed E-state index contributed by atoms with van der Waals surface area (Å²) in [5, 5.41) is 0. The quantitative estimate of drug-likeness (QED) is 0.850. The van der Waals surface area contributed by atoms with Gasteiger partial charge in [-0.15, -0.1) is 0 Å². The number of hydrogen-bond acceptors (Lipinski definition) is 4. The van der Waals surface area contributed by atoms with E-state index in [0.717, 1.165) is 37.9 Å². The van der Waals surface area contributed by atoms with Crippen LogP contribution in [0.15, 0.2) is 12.1 Å². The minimum absolute atomic E-state index is 0.0626. The molecule has 0 spiro atoms. The molecule has 0 bridgehead atoms. The van der Waals surface area contributed by atoms with Crippen molar-refractivity contribution >= 4 is 5.69 Å². The lowest BCUT2D eigenvalue weighted by molar-refractivity contribution is -0.0523. The Morgan fingerprint density at radius 2 is 2.10 bits per heavy atom. The molecule has 1 aromatic carbocycles. The van der Waals surface area contributed by atoms with Crippen LogP contribution in [0.2, 0.25) is 0 Å². The maximum atomic E-state index is 13.4. The largest absolute Gasteiger partial charge is 0.490 e. The zero-order valence-corrected chi connectivity index (χ0v) is 11.8. The summed E-state index contributed by atoms with van der Waals surface area (Å²) in [5.41, 5.74) is 5.71. The van der Waals surface area contributed by atoms with Gasteiger partial charge in [0, 0.05) is 18.2 Å². The lowest BCUT2D eigenvalue weighted by Crippen LogP contribution is -2.40. The molecule has 4 nitrogen and oxygen atoms in total. The number of piperidine rings is 1. The maximum absolute atomic E-state index is 13.4. The molecule has 0 saturated carbocycles. The van der Waals surface area contributed by atoms with E-state index in [1.54, 1.807) is 0 Å². The summed E-state index contributed by atoms with van der Waals surface area (Å²) < 4.78 is 47.5. The second-order valence-corrected chi connectivity index (χ2v) is 5.14. The van der Waals surface area contributed by atoms with Crippen molar-refractivity contribution in [1.29, 1.82) is 0 Å². The van der Waals surface area contributed by atoms with Crippen LogP contribution in [-0.2, 0) is 0 Å². The maximum Gasteiger partial charge on any atom is 0.387 e. The molecule has 0 radical (unpaired) electrons. The van der Waals surface area contributed by atoms with Gasteiger partial charge in [-0.3, -0.25) is 0 Å². The number of nitrogens with zero attached hydrogens (tertiary/aromatic N) is 1. The van der Waals surface area contributed by atoms with E-state index < -0.39 is 18.2 Å². The number of likely N-dealkylation sites (tertiary alicyclic amines) is 1. The first-order valence-corrected chi connectivity index (χ1v) is 6.84. The van der Waals surface area contributed by atoms with E-state index in [2.05, 4.69) is 9.64 Å². The van der Waals surface area contributed by atoms with Crippen molar-refractivity contribution in [3.05, 3.63) is 17.9 Å². The first-order valence-electron chi connectivity index (χ1n) is 6.84. The number of alkyl halides is 2. The van der Waals surface area contributed by atoms with Crippen LogP contribution in [0.4, 0.5) is 18.9 Å². The van der Waals surface area contributed by atoms with Gasteiger partial charge < -0.3 is 20.1 Å². The highest BCUT2D eigenvalue weighted by atomic mass is 19.3. The molecular weight excluding hydrogens is 285 g/mol. The lowest BCUT2D eigenvalue weighted by Gasteiger charge is -2.32. The summed E-state index contributed by atoms with van der Waals surface area (Å²) in [7, 11) is 2.01. The van der Waals surface area contributed by atoms with E-state index in [4.69, 9.17) is 10.5 Å². The number of anilines is 1. The summed E-state index contributed by atoms with van der Waals surface area (Å²) in [6.07, 6.45) is 3.27. The molecule has 1 atom stereocenters. The number of ether oxygens (including phenoxy) is 2. The molecule has 1 aliphatic heterocycles. The van der Waals surface area contributed by atoms with E-state index in [1.807, 2.05) is 7.05 Å². The van der Waals surface area contributed by atoms with Crippen LogP contribution in [0, 0.1) is 5.82 Å². The third kappa shape index (κ3) is 4.17. The molecule has 0 amide bonds. The minimum atomic E-state index is -3.10. The molecule has 21 heavy (non-hydrogen) atoms. The lowest BCUT2D eigenvalue weighted by atomic mass is 10.0. The average Bonchev–Trinajstić information content (AvgIpc) is 2.41. The van der Waals surface area contributed by atoms with Crippen molar-refractivity contribution in [2.24, 2.45) is 0 Å². The van der Waals surface area contributed by atoms with Crippen molar-refractivity contribution in [2.75, 3.05) is 25.9 Å². The molecular formula is C14H19F3N2O2. The highest BCUT2D eigenvalue weighted by Gasteiger charge is 2.20. The second-order valence-electron chi connectivity index (χ2n) is 5.14. The zero-order valence-electron chi connectivity index (χ0n) is 11.8. The Balaban J connectivity index is 2.04. The second kappa shape index (κ2) is 6.89. The van der Waals surface area contributed by atoms with Crippen molar-refractivity contribution in [1.82, 2.24) is 4.90 Å². The molecule has 0 aromatic heterocycles. The smallest absolute Gasteiger partial charge is 0.387 e. The molecule has 2 N–H and O–H groups in total. The Morgan fingerprint density at radius 3 is 2.76 bits per heavy atom. The van der Waals surface area contributed by atoms with Crippen molar-refractivity contribution < 1.29 is 22.6 Å². The molecule has 1 aromatic rings. The van der Waals surface area contributed by atoms with Crippen molar-refractivity contribution in [2.45, 2.75) is 31.9 Å². The van der Waals surface area contributed by atoms with Crippen LogP contribution in [0.3, 0.4) is 0 Å². The SMILES string of the molecule is CN1CCCCC1COc1cc(OC(F)F)c(F)cc1N. The van der Waals surface area contributed by atoms with E-state index in [-0.39, 0.29) is 17.5 Å². The first kappa shape index (κ1) is 15.8. The number of nitrogens with two attached hydrogens (primary N) is 1. The minimum Gasteiger partial charge on any atom is -0.490 e. The van der Waals surface area contributed by atoms with Crippen LogP contribution in [-0.4, -0.2) is 37.8 Å². The number of halogens is 3. The van der Waals surface area contributed by atoms with Gasteiger partial charge in [-0.2, -0.15) is 8.78 Å². The highest BCUT2D eigenvalue weighted by Crippen LogP contribution is 2.31. The first-order chi connectivity index (χ1) is 9.97. The molecule has 1 aliphatic rings. The predicted molar refractivity (Wildman–Crippen MR) is 73.2 cm³/mol. The number of benzene rings is 1. The van der Waals surface area contributed by atoms with E-state index in [1.165, 1.54) is 0 Å². The predicted octanol–water partition coefficient (Wildman–Crippen LogP) is 2.87. The number of nitrogen functional groups attached to an aromatic ring is 1. The number of hydrogen-bond donors (Lipinski definition) is 1. The molecule has 2 rings (SSSR count). The Morgan fingerprint density at radius 1 is 1.33 bits per heavy atom. The monoisotopic (exact) mass is 304 g/mol. The Hall–Kier alpha value is -1.63. The van der Waals surface area contributed by atoms with Crippen molar-refractivity contribution in [3.63, 3.8) is 0 Å². The molecule has 7 heteroatoms. The van der Waals surface area contributed by atoms with Gasteiger partial charge in [0.1, 0.15) is 12.4 Å². The number of likely N-dealkylation sites (N-methyl/N-ethyl adjacent to an activating group) is 1. The highest BCUT2D eigenvalue weighted by molar-refractivity contribution is 5.56. The van der Waals surface area contributed by atoms with Gasteiger partial charge in [0.25, 0.3) is 0 Å². The van der Waals surface area contributed by atoms with Crippen LogP contribution in [0.5, 0.6) is 11.5 Å². The topological polar surface area (TPSA) is 47.7 Å². The van der Waals surface area contributed by atoms with Gasteiger partial charge in [-0.25, -0.2) is 4.39 Å². The van der Waals surface area contributed by atoms with Crippen molar-refractivity contribution in [3.8, 4) is 11.5 Å². The molecule has 1 saturated heterocycles. The summed E-state index contributed by atoms with van der Waals surface area (Å²) in [6, 6.07) is 2.24. The van der Waals surface area contributed by atoms with Gasteiger partial charge in [-0.05, 0) is 26.4 Å². The third-order valence-corrected chi connectivity index (χ3v) is 3.63. The Bertz CT molecular complexity index is 486. The molecule has 0 aliphatic carbocycles. The average molecular weight is 304 g/mol. The summed E-state index contributed by atoms with van der Waals surface area (Å²) in [6.45, 7) is -1.73. The standard InChI is InChI=1S/C14H19F3N2O2/c1-19-5-3-2-4-9(19)8-20-13-7-12(21-14(16)17)10(15)6-11(13)18/h6-7,9,14H,2-5,8,18H2,1H3. The normalized spacial score (nSPS) is 19.8. The molecule has 118 valence electrons. The fourth-order valence-electron chi connectivity index (χ4n) is 2.40. The summed E-state index contributed by atoms with van der Waals surface area (Å²) in [5.74, 6) is -1.34. The molecule has 1 fully saturated rings. The number of rotatable bonds is 5. The van der Waals surface area contributed by atoms with Crippen LogP contribution < -0.4 is 15.2 Å². The van der Waals surface area contributed by atoms with Gasteiger partial charge in [0.2, 0.25) is 0 Å². The van der Waals surface area contributed by atoms with Crippen LogP contribution in [0.1, 0.15) is 19.3 Å². The fraction of sp³-hybridized carbons (Fsp3) is 0.571. The Labute approximate surface area is 121 Å². The van der Waals surface area contributed by atoms with Gasteiger partial charge in [0.15, 0.2) is 11.6 Å². The van der Waals surface area contributed by atoms with E-state index in [0.29, 0.717) is 6.61 Å². The van der Waals surface area contributed by atoms with Crippen LogP contribution in [0.25, 0.3) is 0 Å². The van der Waals surface area contributed by atoms with Gasteiger partial charge >= 0.3 is 6.61 Å². The van der Waals surface area contributed by atoms with Crippen LogP contribution >= 0.6 is 0 Å². The van der Waals surface area contributed by atoms with Gasteiger partial charge in [0.05, 0.1) is 5.69 Å². The third-order valence-electron chi connectivity index (χ3n) is 3.63. The summed E-state index contributed by atoms with van der Waals surface area (Å²) in [4.78, 5) is 2.18. The fourth-order valence-corrected chi connectivity index (χ4v) is 2.40. The summed E-state index contributed by atoms with van der Waals surface area (Å²) >= 11 is 0. The Kier molecular flexibility index (Phi) is 5.17. The molecule has 1 heterocycles. The molecule has 1 unspecified atom stereocenters. The van der Waals surface area contributed by atoms with E-state index >= 15 is 0 Å². The zero-order chi connectivity index (χ0) is 15.4.